The molecule has 2 aliphatic carbocycles. The normalized spacial score (nSPS) is 30.4. The first-order chi connectivity index (χ1) is 9.77. The van der Waals surface area contributed by atoms with Crippen molar-refractivity contribution < 1.29 is 4.79 Å². The highest BCUT2D eigenvalue weighted by Crippen LogP contribution is 2.42. The SMILES string of the molecule is N#CC1(C(=O)N2CCCC2C2CCCC2)CCCCC1. The molecule has 3 aliphatic rings. The Balaban J connectivity index is 1.76. The van der Waals surface area contributed by atoms with E-state index in [2.05, 4.69) is 11.0 Å². The molecule has 1 amide bonds. The summed E-state index contributed by atoms with van der Waals surface area (Å²) < 4.78 is 0. The lowest BCUT2D eigenvalue weighted by Gasteiger charge is -2.37. The van der Waals surface area contributed by atoms with Crippen LogP contribution in [0, 0.1) is 22.7 Å². The first-order valence-corrected chi connectivity index (χ1v) is 8.49. The summed E-state index contributed by atoms with van der Waals surface area (Å²) in [4.78, 5) is 15.1. The lowest BCUT2D eigenvalue weighted by Crippen LogP contribution is -2.48. The minimum atomic E-state index is -0.681. The molecule has 0 radical (unpaired) electrons. The van der Waals surface area contributed by atoms with Crippen molar-refractivity contribution in [3.05, 3.63) is 0 Å². The molecule has 0 aromatic rings. The molecule has 110 valence electrons. The van der Waals surface area contributed by atoms with Crippen molar-refractivity contribution in [2.45, 2.75) is 76.7 Å². The van der Waals surface area contributed by atoms with Gasteiger partial charge in [-0.15, -0.1) is 0 Å². The van der Waals surface area contributed by atoms with E-state index in [0.717, 1.165) is 45.1 Å². The molecular weight excluding hydrogens is 248 g/mol. The average Bonchev–Trinajstić information content (AvgIpc) is 3.17. The summed E-state index contributed by atoms with van der Waals surface area (Å²) in [5.41, 5.74) is -0.681. The number of carbonyl (C=O) groups is 1. The van der Waals surface area contributed by atoms with E-state index in [1.807, 2.05) is 0 Å². The van der Waals surface area contributed by atoms with Gasteiger partial charge in [0.05, 0.1) is 6.07 Å². The van der Waals surface area contributed by atoms with Gasteiger partial charge in [0.2, 0.25) is 5.91 Å². The number of amides is 1. The molecule has 1 aliphatic heterocycles. The van der Waals surface area contributed by atoms with Crippen molar-refractivity contribution in [1.29, 1.82) is 5.26 Å². The van der Waals surface area contributed by atoms with Crippen LogP contribution in [0.2, 0.25) is 0 Å². The maximum atomic E-state index is 13.0. The molecular formula is C17H26N2O. The van der Waals surface area contributed by atoms with Crippen LogP contribution in [0.1, 0.15) is 70.6 Å². The maximum absolute atomic E-state index is 13.0. The predicted octanol–water partition coefficient (Wildman–Crippen LogP) is 3.64. The van der Waals surface area contributed by atoms with Crippen LogP contribution in [0.5, 0.6) is 0 Å². The van der Waals surface area contributed by atoms with E-state index in [9.17, 15) is 10.1 Å². The van der Waals surface area contributed by atoms with Crippen LogP contribution in [0.4, 0.5) is 0 Å². The molecule has 20 heavy (non-hydrogen) atoms. The molecule has 0 aromatic heterocycles. The van der Waals surface area contributed by atoms with Gasteiger partial charge in [0.1, 0.15) is 5.41 Å². The Labute approximate surface area is 122 Å². The van der Waals surface area contributed by atoms with E-state index in [0.29, 0.717) is 12.0 Å². The minimum absolute atomic E-state index is 0.175. The number of nitrogens with zero attached hydrogens (tertiary/aromatic N) is 2. The molecule has 2 saturated carbocycles. The second kappa shape index (κ2) is 5.76. The van der Waals surface area contributed by atoms with Crippen LogP contribution in [0.3, 0.4) is 0 Å². The molecule has 1 heterocycles. The van der Waals surface area contributed by atoms with Gasteiger partial charge in [0.15, 0.2) is 0 Å². The summed E-state index contributed by atoms with van der Waals surface area (Å²) in [6.45, 7) is 0.892. The van der Waals surface area contributed by atoms with Gasteiger partial charge in [-0.1, -0.05) is 32.1 Å². The van der Waals surface area contributed by atoms with Crippen LogP contribution < -0.4 is 0 Å². The first-order valence-electron chi connectivity index (χ1n) is 8.49. The Kier molecular flexibility index (Phi) is 4.01. The first kappa shape index (κ1) is 13.9. The van der Waals surface area contributed by atoms with Crippen molar-refractivity contribution in [3.8, 4) is 6.07 Å². The Bertz CT molecular complexity index is 400. The van der Waals surface area contributed by atoms with Crippen molar-refractivity contribution in [3.63, 3.8) is 0 Å². The van der Waals surface area contributed by atoms with Crippen LogP contribution in [-0.2, 0) is 4.79 Å². The molecule has 3 rings (SSSR count). The molecule has 0 bridgehead atoms. The molecule has 0 spiro atoms. The average molecular weight is 274 g/mol. The fraction of sp³-hybridized carbons (Fsp3) is 0.882. The van der Waals surface area contributed by atoms with E-state index in [4.69, 9.17) is 0 Å². The van der Waals surface area contributed by atoms with Crippen molar-refractivity contribution in [2.24, 2.45) is 11.3 Å². The van der Waals surface area contributed by atoms with Gasteiger partial charge >= 0.3 is 0 Å². The maximum Gasteiger partial charge on any atom is 0.243 e. The summed E-state index contributed by atoms with van der Waals surface area (Å²) in [5, 5.41) is 9.63. The Morgan fingerprint density at radius 2 is 1.70 bits per heavy atom. The zero-order chi connectivity index (χ0) is 14.0. The van der Waals surface area contributed by atoms with E-state index >= 15 is 0 Å². The number of hydrogen-bond acceptors (Lipinski definition) is 2. The highest BCUT2D eigenvalue weighted by Gasteiger charge is 2.46. The summed E-state index contributed by atoms with van der Waals surface area (Å²) in [6.07, 6.45) is 12.4. The van der Waals surface area contributed by atoms with Crippen LogP contribution in [0.15, 0.2) is 0 Å². The standard InChI is InChI=1S/C17H26N2O/c18-13-17(10-4-1-5-11-17)16(20)19-12-6-9-15(19)14-7-2-3-8-14/h14-15H,1-12H2. The van der Waals surface area contributed by atoms with E-state index in [1.54, 1.807) is 0 Å². The molecule has 0 aromatic carbocycles. The van der Waals surface area contributed by atoms with E-state index in [-0.39, 0.29) is 5.91 Å². The minimum Gasteiger partial charge on any atom is -0.338 e. The highest BCUT2D eigenvalue weighted by molar-refractivity contribution is 5.86. The second-order valence-corrected chi connectivity index (χ2v) is 7.01. The smallest absolute Gasteiger partial charge is 0.243 e. The van der Waals surface area contributed by atoms with Gasteiger partial charge < -0.3 is 4.90 Å². The Hall–Kier alpha value is -1.04. The molecule has 1 unspecified atom stereocenters. The lowest BCUT2D eigenvalue weighted by atomic mass is 9.74. The van der Waals surface area contributed by atoms with Gasteiger partial charge in [-0.05, 0) is 44.4 Å². The number of carbonyl (C=O) groups excluding carboxylic acids is 1. The van der Waals surface area contributed by atoms with Crippen molar-refractivity contribution in [1.82, 2.24) is 4.90 Å². The number of rotatable bonds is 2. The van der Waals surface area contributed by atoms with Gasteiger partial charge in [-0.2, -0.15) is 5.26 Å². The molecule has 0 N–H and O–H groups in total. The lowest BCUT2D eigenvalue weighted by molar-refractivity contribution is -0.142. The summed E-state index contributed by atoms with van der Waals surface area (Å²) in [6, 6.07) is 2.86. The third-order valence-corrected chi connectivity index (χ3v) is 5.83. The quantitative estimate of drug-likeness (QED) is 0.771. The van der Waals surface area contributed by atoms with Crippen LogP contribution in [0.25, 0.3) is 0 Å². The molecule has 1 saturated heterocycles. The monoisotopic (exact) mass is 274 g/mol. The fourth-order valence-corrected chi connectivity index (χ4v) is 4.68. The van der Waals surface area contributed by atoms with E-state index in [1.165, 1.54) is 32.1 Å². The van der Waals surface area contributed by atoms with E-state index < -0.39 is 5.41 Å². The van der Waals surface area contributed by atoms with Gasteiger partial charge in [-0.3, -0.25) is 4.79 Å². The predicted molar refractivity (Wildman–Crippen MR) is 77.8 cm³/mol. The summed E-state index contributed by atoms with van der Waals surface area (Å²) in [7, 11) is 0. The van der Waals surface area contributed by atoms with Crippen LogP contribution >= 0.6 is 0 Å². The summed E-state index contributed by atoms with van der Waals surface area (Å²) >= 11 is 0. The second-order valence-electron chi connectivity index (χ2n) is 7.01. The summed E-state index contributed by atoms with van der Waals surface area (Å²) in [5.74, 6) is 0.884. The largest absolute Gasteiger partial charge is 0.338 e. The zero-order valence-electron chi connectivity index (χ0n) is 12.4. The van der Waals surface area contributed by atoms with Gasteiger partial charge in [0.25, 0.3) is 0 Å². The number of nitriles is 1. The molecule has 3 fully saturated rings. The highest BCUT2D eigenvalue weighted by atomic mass is 16.2. The third kappa shape index (κ3) is 2.34. The van der Waals surface area contributed by atoms with Crippen LogP contribution in [-0.4, -0.2) is 23.4 Å². The topological polar surface area (TPSA) is 44.1 Å². The zero-order valence-corrected chi connectivity index (χ0v) is 12.4. The van der Waals surface area contributed by atoms with Gasteiger partial charge in [0, 0.05) is 12.6 Å². The third-order valence-electron chi connectivity index (χ3n) is 5.83. The Morgan fingerprint density at radius 3 is 2.35 bits per heavy atom. The Morgan fingerprint density at radius 1 is 1.00 bits per heavy atom. The van der Waals surface area contributed by atoms with Gasteiger partial charge in [-0.25, -0.2) is 0 Å². The molecule has 1 atom stereocenters. The number of hydrogen-bond donors (Lipinski definition) is 0. The van der Waals surface area contributed by atoms with Crippen molar-refractivity contribution >= 4 is 5.91 Å². The fourth-order valence-electron chi connectivity index (χ4n) is 4.68. The molecule has 3 heteroatoms. The van der Waals surface area contributed by atoms with Crippen molar-refractivity contribution in [2.75, 3.05) is 6.54 Å². The molecule has 3 nitrogen and oxygen atoms in total. The number of likely N-dealkylation sites (tertiary alicyclic amines) is 1.